The summed E-state index contributed by atoms with van der Waals surface area (Å²) in [6, 6.07) is 19.6. The quantitative estimate of drug-likeness (QED) is 0.839. The smallest absolute Gasteiger partial charge is 0.317 e. The van der Waals surface area contributed by atoms with Gasteiger partial charge in [-0.25, -0.2) is 4.79 Å². The van der Waals surface area contributed by atoms with Gasteiger partial charge in [-0.05, 0) is 24.5 Å². The molecular weight excluding hydrogens is 340 g/mol. The second kappa shape index (κ2) is 8.71. The fourth-order valence-corrected chi connectivity index (χ4v) is 3.67. The zero-order valence-electron chi connectivity index (χ0n) is 15.8. The van der Waals surface area contributed by atoms with E-state index >= 15 is 0 Å². The van der Waals surface area contributed by atoms with Crippen molar-refractivity contribution in [3.63, 3.8) is 0 Å². The zero-order chi connectivity index (χ0) is 19.2. The first kappa shape index (κ1) is 19.0. The van der Waals surface area contributed by atoms with Crippen molar-refractivity contribution in [1.29, 1.82) is 0 Å². The summed E-state index contributed by atoms with van der Waals surface area (Å²) in [5.41, 5.74) is 2.19. The standard InChI is InChI=1S/C22H26N2O3/c1-16(17-9-5-3-6-10-17)23-22(26)24-14-19(18-11-7-4-8-12-18)13-20(15-24)21(25)27-2/h3-12,16,19-20H,13-15H2,1-2H3,(H,23,26)/t16-,19?,20?/m1/s1. The third kappa shape index (κ3) is 4.67. The molecule has 5 heteroatoms. The molecule has 0 radical (unpaired) electrons. The number of nitrogens with one attached hydrogen (secondary N) is 1. The molecule has 2 unspecified atom stereocenters. The molecule has 0 aliphatic carbocycles. The summed E-state index contributed by atoms with van der Waals surface area (Å²) < 4.78 is 4.96. The van der Waals surface area contributed by atoms with Crippen molar-refractivity contribution < 1.29 is 14.3 Å². The van der Waals surface area contributed by atoms with Gasteiger partial charge in [0, 0.05) is 19.0 Å². The minimum atomic E-state index is -0.313. The third-order valence-corrected chi connectivity index (χ3v) is 5.18. The summed E-state index contributed by atoms with van der Waals surface area (Å²) in [4.78, 5) is 26.8. The van der Waals surface area contributed by atoms with Gasteiger partial charge in [0.15, 0.2) is 0 Å². The van der Waals surface area contributed by atoms with E-state index in [9.17, 15) is 9.59 Å². The number of hydrogen-bond acceptors (Lipinski definition) is 3. The maximum atomic E-state index is 12.9. The number of piperidine rings is 1. The van der Waals surface area contributed by atoms with Crippen LogP contribution in [0.5, 0.6) is 0 Å². The van der Waals surface area contributed by atoms with Crippen LogP contribution in [0, 0.1) is 5.92 Å². The van der Waals surface area contributed by atoms with Gasteiger partial charge in [0.1, 0.15) is 0 Å². The summed E-state index contributed by atoms with van der Waals surface area (Å²) in [6.07, 6.45) is 0.689. The summed E-state index contributed by atoms with van der Waals surface area (Å²) in [5, 5.41) is 3.05. The molecule has 1 saturated heterocycles. The molecule has 0 aromatic heterocycles. The van der Waals surface area contributed by atoms with Crippen LogP contribution >= 0.6 is 0 Å². The lowest BCUT2D eigenvalue weighted by Gasteiger charge is -2.37. The van der Waals surface area contributed by atoms with Gasteiger partial charge in [0.05, 0.1) is 19.1 Å². The van der Waals surface area contributed by atoms with Crippen LogP contribution in [0.15, 0.2) is 60.7 Å². The summed E-state index contributed by atoms with van der Waals surface area (Å²) in [7, 11) is 1.40. The fourth-order valence-electron chi connectivity index (χ4n) is 3.67. The van der Waals surface area contributed by atoms with Crippen molar-refractivity contribution in [2.24, 2.45) is 5.92 Å². The van der Waals surface area contributed by atoms with E-state index in [0.717, 1.165) is 11.1 Å². The SMILES string of the molecule is COC(=O)C1CC(c2ccccc2)CN(C(=O)N[C@H](C)c2ccccc2)C1. The van der Waals surface area contributed by atoms with E-state index in [1.165, 1.54) is 7.11 Å². The molecule has 1 fully saturated rings. The molecule has 1 aliphatic heterocycles. The second-order valence-corrected chi connectivity index (χ2v) is 7.05. The lowest BCUT2D eigenvalue weighted by molar-refractivity contribution is -0.147. The number of carbonyl (C=O) groups is 2. The maximum Gasteiger partial charge on any atom is 0.317 e. The normalized spacial score (nSPS) is 20.6. The van der Waals surface area contributed by atoms with Crippen LogP contribution in [0.1, 0.15) is 36.4 Å². The van der Waals surface area contributed by atoms with Crippen molar-refractivity contribution in [1.82, 2.24) is 10.2 Å². The highest BCUT2D eigenvalue weighted by atomic mass is 16.5. The Kier molecular flexibility index (Phi) is 6.12. The van der Waals surface area contributed by atoms with Crippen molar-refractivity contribution in [3.8, 4) is 0 Å². The Labute approximate surface area is 160 Å². The van der Waals surface area contributed by atoms with Crippen LogP contribution in [0.4, 0.5) is 4.79 Å². The van der Waals surface area contributed by atoms with E-state index in [2.05, 4.69) is 5.32 Å². The van der Waals surface area contributed by atoms with Gasteiger partial charge in [0.2, 0.25) is 0 Å². The predicted octanol–water partition coefficient (Wildman–Crippen LogP) is 3.74. The molecular formula is C22H26N2O3. The van der Waals surface area contributed by atoms with Crippen LogP contribution in [0.3, 0.4) is 0 Å². The Morgan fingerprint density at radius 1 is 1.04 bits per heavy atom. The molecule has 5 nitrogen and oxygen atoms in total. The second-order valence-electron chi connectivity index (χ2n) is 7.05. The van der Waals surface area contributed by atoms with Gasteiger partial charge in [-0.3, -0.25) is 4.79 Å². The summed E-state index contributed by atoms with van der Waals surface area (Å²) in [5.74, 6) is -0.460. The van der Waals surface area contributed by atoms with E-state index in [1.54, 1.807) is 4.90 Å². The molecule has 2 aromatic rings. The molecule has 142 valence electrons. The average molecular weight is 366 g/mol. The van der Waals surface area contributed by atoms with Crippen molar-refractivity contribution in [2.45, 2.75) is 25.3 Å². The summed E-state index contributed by atoms with van der Waals surface area (Å²) >= 11 is 0. The first-order chi connectivity index (χ1) is 13.1. The molecule has 1 aliphatic rings. The minimum absolute atomic E-state index is 0.104. The largest absolute Gasteiger partial charge is 0.469 e. The Morgan fingerprint density at radius 3 is 2.30 bits per heavy atom. The summed E-state index contributed by atoms with van der Waals surface area (Å²) in [6.45, 7) is 2.93. The van der Waals surface area contributed by atoms with Gasteiger partial charge in [-0.2, -0.15) is 0 Å². The molecule has 3 rings (SSSR count). The molecule has 2 aromatic carbocycles. The number of rotatable bonds is 4. The van der Waals surface area contributed by atoms with E-state index in [-0.39, 0.29) is 29.9 Å². The number of esters is 1. The van der Waals surface area contributed by atoms with Crippen molar-refractivity contribution >= 4 is 12.0 Å². The molecule has 1 heterocycles. The highest BCUT2D eigenvalue weighted by Crippen LogP contribution is 2.31. The molecule has 27 heavy (non-hydrogen) atoms. The maximum absolute atomic E-state index is 12.9. The van der Waals surface area contributed by atoms with Crippen LogP contribution in [-0.2, 0) is 9.53 Å². The van der Waals surface area contributed by atoms with Gasteiger partial charge in [0.25, 0.3) is 0 Å². The monoisotopic (exact) mass is 366 g/mol. The van der Waals surface area contributed by atoms with E-state index in [4.69, 9.17) is 4.74 Å². The Hall–Kier alpha value is -2.82. The number of amides is 2. The van der Waals surface area contributed by atoms with Gasteiger partial charge >= 0.3 is 12.0 Å². The lowest BCUT2D eigenvalue weighted by Crippen LogP contribution is -2.50. The topological polar surface area (TPSA) is 58.6 Å². The molecule has 2 amide bonds. The molecule has 1 N–H and O–H groups in total. The number of methoxy groups -OCH3 is 1. The number of benzene rings is 2. The third-order valence-electron chi connectivity index (χ3n) is 5.18. The van der Waals surface area contributed by atoms with Crippen LogP contribution < -0.4 is 5.32 Å². The van der Waals surface area contributed by atoms with Crippen LogP contribution in [0.25, 0.3) is 0 Å². The fraction of sp³-hybridized carbons (Fsp3) is 0.364. The van der Waals surface area contributed by atoms with Gasteiger partial charge in [-0.15, -0.1) is 0 Å². The predicted molar refractivity (Wildman–Crippen MR) is 104 cm³/mol. The first-order valence-electron chi connectivity index (χ1n) is 9.31. The Morgan fingerprint density at radius 2 is 1.67 bits per heavy atom. The van der Waals surface area contributed by atoms with Gasteiger partial charge < -0.3 is 15.0 Å². The number of hydrogen-bond donors (Lipinski definition) is 1. The number of ether oxygens (including phenoxy) is 1. The minimum Gasteiger partial charge on any atom is -0.469 e. The van der Waals surface area contributed by atoms with E-state index in [1.807, 2.05) is 67.6 Å². The number of carbonyl (C=O) groups excluding carboxylic acids is 2. The Balaban J connectivity index is 1.74. The average Bonchev–Trinajstić information content (AvgIpc) is 2.74. The van der Waals surface area contributed by atoms with E-state index in [0.29, 0.717) is 19.5 Å². The lowest BCUT2D eigenvalue weighted by atomic mass is 9.84. The van der Waals surface area contributed by atoms with E-state index < -0.39 is 0 Å². The molecule has 0 bridgehead atoms. The molecule has 0 saturated carbocycles. The highest BCUT2D eigenvalue weighted by Gasteiger charge is 2.35. The number of urea groups is 1. The number of nitrogens with zero attached hydrogens (tertiary/aromatic N) is 1. The number of likely N-dealkylation sites (tertiary alicyclic amines) is 1. The first-order valence-corrected chi connectivity index (χ1v) is 9.31. The van der Waals surface area contributed by atoms with Crippen LogP contribution in [-0.4, -0.2) is 37.1 Å². The molecule has 3 atom stereocenters. The van der Waals surface area contributed by atoms with Crippen molar-refractivity contribution in [2.75, 3.05) is 20.2 Å². The molecule has 0 spiro atoms. The highest BCUT2D eigenvalue weighted by molar-refractivity contribution is 5.78. The van der Waals surface area contributed by atoms with Crippen molar-refractivity contribution in [3.05, 3.63) is 71.8 Å². The van der Waals surface area contributed by atoms with Crippen LogP contribution in [0.2, 0.25) is 0 Å². The Bertz CT molecular complexity index is 764. The van der Waals surface area contributed by atoms with Gasteiger partial charge in [-0.1, -0.05) is 60.7 Å². The zero-order valence-corrected chi connectivity index (χ0v) is 15.8.